The Morgan fingerprint density at radius 3 is 1.22 bits per heavy atom. The van der Waals surface area contributed by atoms with Gasteiger partial charge >= 0.3 is 0 Å². The van der Waals surface area contributed by atoms with Crippen molar-refractivity contribution in [2.75, 3.05) is 13.2 Å². The fraction of sp³-hybridized carbons (Fsp3) is 1.00. The molecule has 4 heteroatoms. The summed E-state index contributed by atoms with van der Waals surface area (Å²) in [4.78, 5) is 0. The highest BCUT2D eigenvalue weighted by atomic mass is 35.5. The van der Waals surface area contributed by atoms with Crippen LogP contribution < -0.4 is 5.73 Å². The van der Waals surface area contributed by atoms with Crippen molar-refractivity contribution >= 4 is 12.4 Å². The molecular formula is C19H42ClNO2. The van der Waals surface area contributed by atoms with Gasteiger partial charge in [0.1, 0.15) is 0 Å². The molecule has 0 aliphatic carbocycles. The molecule has 0 aromatic heterocycles. The third-order valence-corrected chi connectivity index (χ3v) is 4.66. The first-order chi connectivity index (χ1) is 10.7. The highest BCUT2D eigenvalue weighted by molar-refractivity contribution is 5.85. The molecule has 0 aliphatic rings. The van der Waals surface area contributed by atoms with Gasteiger partial charge in [-0.05, 0) is 6.42 Å². The molecule has 0 unspecified atom stereocenters. The summed E-state index contributed by atoms with van der Waals surface area (Å²) in [6, 6.07) is 0. The SMILES string of the molecule is CCCCCCCCCCCCCCCCC(N)(CO)CO.Cl. The Balaban J connectivity index is 0. The van der Waals surface area contributed by atoms with E-state index < -0.39 is 5.54 Å². The van der Waals surface area contributed by atoms with Crippen molar-refractivity contribution in [3.63, 3.8) is 0 Å². The Bertz CT molecular complexity index is 223. The van der Waals surface area contributed by atoms with Gasteiger partial charge in [0.15, 0.2) is 0 Å². The summed E-state index contributed by atoms with van der Waals surface area (Å²) in [6.07, 6.45) is 19.4. The molecule has 4 N–H and O–H groups in total. The van der Waals surface area contributed by atoms with Crippen molar-refractivity contribution in [3.05, 3.63) is 0 Å². The van der Waals surface area contributed by atoms with Crippen LogP contribution in [-0.4, -0.2) is 29.0 Å². The third kappa shape index (κ3) is 16.8. The highest BCUT2D eigenvalue weighted by Gasteiger charge is 2.21. The molecule has 3 nitrogen and oxygen atoms in total. The number of halogens is 1. The summed E-state index contributed by atoms with van der Waals surface area (Å²) in [5.41, 5.74) is 5.08. The first-order valence-electron chi connectivity index (χ1n) is 9.69. The minimum atomic E-state index is -0.767. The van der Waals surface area contributed by atoms with Gasteiger partial charge < -0.3 is 15.9 Å². The molecule has 0 heterocycles. The van der Waals surface area contributed by atoms with Gasteiger partial charge in [-0.15, -0.1) is 12.4 Å². The Kier molecular flexibility index (Phi) is 20.4. The van der Waals surface area contributed by atoms with Gasteiger partial charge in [-0.2, -0.15) is 0 Å². The summed E-state index contributed by atoms with van der Waals surface area (Å²) >= 11 is 0. The summed E-state index contributed by atoms with van der Waals surface area (Å²) in [5, 5.41) is 18.2. The monoisotopic (exact) mass is 351 g/mol. The summed E-state index contributed by atoms with van der Waals surface area (Å²) < 4.78 is 0. The van der Waals surface area contributed by atoms with Gasteiger partial charge in [-0.3, -0.25) is 0 Å². The molecule has 0 amide bonds. The quantitative estimate of drug-likeness (QED) is 0.324. The van der Waals surface area contributed by atoms with Crippen LogP contribution in [0.3, 0.4) is 0 Å². The molecule has 0 atom stereocenters. The maximum atomic E-state index is 9.10. The van der Waals surface area contributed by atoms with Gasteiger partial charge in [0.25, 0.3) is 0 Å². The van der Waals surface area contributed by atoms with Crippen molar-refractivity contribution in [2.24, 2.45) is 5.73 Å². The summed E-state index contributed by atoms with van der Waals surface area (Å²) in [5.74, 6) is 0. The van der Waals surface area contributed by atoms with Gasteiger partial charge in [0.05, 0.1) is 18.8 Å². The van der Waals surface area contributed by atoms with Crippen LogP contribution in [0.5, 0.6) is 0 Å². The van der Waals surface area contributed by atoms with Crippen molar-refractivity contribution in [1.82, 2.24) is 0 Å². The van der Waals surface area contributed by atoms with E-state index in [1.54, 1.807) is 0 Å². The van der Waals surface area contributed by atoms with Crippen LogP contribution in [-0.2, 0) is 0 Å². The van der Waals surface area contributed by atoms with Gasteiger partial charge in [-0.1, -0.05) is 96.8 Å². The van der Waals surface area contributed by atoms with E-state index in [9.17, 15) is 0 Å². The van der Waals surface area contributed by atoms with E-state index in [-0.39, 0.29) is 25.6 Å². The number of hydrogen-bond donors (Lipinski definition) is 3. The Morgan fingerprint density at radius 1 is 0.609 bits per heavy atom. The number of nitrogens with two attached hydrogens (primary N) is 1. The molecule has 142 valence electrons. The second-order valence-corrected chi connectivity index (χ2v) is 7.02. The lowest BCUT2D eigenvalue weighted by atomic mass is 9.94. The smallest absolute Gasteiger partial charge is 0.0633 e. The van der Waals surface area contributed by atoms with Crippen LogP contribution in [0.1, 0.15) is 103 Å². The van der Waals surface area contributed by atoms with E-state index in [1.165, 1.54) is 77.0 Å². The number of aliphatic hydroxyl groups excluding tert-OH is 2. The largest absolute Gasteiger partial charge is 0.394 e. The van der Waals surface area contributed by atoms with E-state index in [0.29, 0.717) is 0 Å². The minimum Gasteiger partial charge on any atom is -0.394 e. The molecule has 0 rings (SSSR count). The predicted octanol–water partition coefficient (Wildman–Crippen LogP) is 4.96. The molecule has 0 spiro atoms. The number of unbranched alkanes of at least 4 members (excludes halogenated alkanes) is 13. The zero-order valence-corrected chi connectivity index (χ0v) is 16.2. The molecule has 23 heavy (non-hydrogen) atoms. The lowest BCUT2D eigenvalue weighted by Crippen LogP contribution is -2.47. The Hall–Kier alpha value is 0.170. The number of aliphatic hydroxyl groups is 2. The molecule has 0 fully saturated rings. The number of rotatable bonds is 17. The molecule has 0 radical (unpaired) electrons. The second kappa shape index (κ2) is 18.5. The van der Waals surface area contributed by atoms with E-state index in [2.05, 4.69) is 6.92 Å². The van der Waals surface area contributed by atoms with Gasteiger partial charge in [-0.25, -0.2) is 0 Å². The minimum absolute atomic E-state index is 0. The summed E-state index contributed by atoms with van der Waals surface area (Å²) in [6.45, 7) is 2.02. The lowest BCUT2D eigenvalue weighted by Gasteiger charge is -2.24. The topological polar surface area (TPSA) is 66.5 Å². The zero-order chi connectivity index (χ0) is 16.5. The van der Waals surface area contributed by atoms with Crippen LogP contribution in [0.4, 0.5) is 0 Å². The lowest BCUT2D eigenvalue weighted by molar-refractivity contribution is 0.112. The highest BCUT2D eigenvalue weighted by Crippen LogP contribution is 2.15. The maximum absolute atomic E-state index is 9.10. The van der Waals surface area contributed by atoms with E-state index in [4.69, 9.17) is 15.9 Å². The average molecular weight is 352 g/mol. The number of hydrogen-bond acceptors (Lipinski definition) is 3. The van der Waals surface area contributed by atoms with E-state index in [1.807, 2.05) is 0 Å². The standard InChI is InChI=1S/C19H41NO2.ClH/c1-2-3-4-5-6-7-8-9-10-11-12-13-14-15-16-19(20,17-21)18-22;/h21-22H,2-18,20H2,1H3;1H. The zero-order valence-electron chi connectivity index (χ0n) is 15.4. The van der Waals surface area contributed by atoms with Gasteiger partial charge in [0, 0.05) is 0 Å². The summed E-state index contributed by atoms with van der Waals surface area (Å²) in [7, 11) is 0. The predicted molar refractivity (Wildman–Crippen MR) is 103 cm³/mol. The molecule has 0 saturated carbocycles. The normalized spacial score (nSPS) is 11.5. The fourth-order valence-electron chi connectivity index (χ4n) is 2.88. The maximum Gasteiger partial charge on any atom is 0.0633 e. The van der Waals surface area contributed by atoms with Crippen molar-refractivity contribution in [3.8, 4) is 0 Å². The Labute approximate surface area is 150 Å². The molecule has 0 bridgehead atoms. The average Bonchev–Trinajstić information content (AvgIpc) is 2.55. The van der Waals surface area contributed by atoms with Crippen LogP contribution in [0, 0.1) is 0 Å². The van der Waals surface area contributed by atoms with Crippen LogP contribution in [0.15, 0.2) is 0 Å². The molecule has 0 saturated heterocycles. The fourth-order valence-corrected chi connectivity index (χ4v) is 2.88. The first-order valence-corrected chi connectivity index (χ1v) is 9.69. The Morgan fingerprint density at radius 2 is 0.913 bits per heavy atom. The second-order valence-electron chi connectivity index (χ2n) is 7.02. The van der Waals surface area contributed by atoms with E-state index >= 15 is 0 Å². The van der Waals surface area contributed by atoms with Crippen LogP contribution in [0.25, 0.3) is 0 Å². The molecular weight excluding hydrogens is 310 g/mol. The molecule has 0 aliphatic heterocycles. The van der Waals surface area contributed by atoms with E-state index in [0.717, 1.165) is 19.3 Å². The first kappa shape index (κ1) is 25.4. The third-order valence-electron chi connectivity index (χ3n) is 4.66. The van der Waals surface area contributed by atoms with Crippen molar-refractivity contribution in [1.29, 1.82) is 0 Å². The van der Waals surface area contributed by atoms with Crippen molar-refractivity contribution in [2.45, 2.75) is 109 Å². The molecule has 0 aromatic rings. The van der Waals surface area contributed by atoms with Gasteiger partial charge in [0.2, 0.25) is 0 Å². The van der Waals surface area contributed by atoms with Crippen LogP contribution >= 0.6 is 12.4 Å². The van der Waals surface area contributed by atoms with Crippen molar-refractivity contribution < 1.29 is 10.2 Å². The van der Waals surface area contributed by atoms with Crippen LogP contribution in [0.2, 0.25) is 0 Å². The molecule has 0 aromatic carbocycles.